The van der Waals surface area contributed by atoms with E-state index < -0.39 is 0 Å². The van der Waals surface area contributed by atoms with Crippen LogP contribution in [0.3, 0.4) is 0 Å². The van der Waals surface area contributed by atoms with Gasteiger partial charge in [-0.2, -0.15) is 0 Å². The minimum absolute atomic E-state index is 0.184. The summed E-state index contributed by atoms with van der Waals surface area (Å²) < 4.78 is 0. The number of fused-ring (bicyclic) bond motifs is 1. The molecule has 1 aliphatic carbocycles. The van der Waals surface area contributed by atoms with Gasteiger partial charge in [0.1, 0.15) is 0 Å². The summed E-state index contributed by atoms with van der Waals surface area (Å²) in [7, 11) is 0. The summed E-state index contributed by atoms with van der Waals surface area (Å²) in [5.74, 6) is 0. The first-order valence-corrected chi connectivity index (χ1v) is 8.34. The van der Waals surface area contributed by atoms with Crippen LogP contribution in [0, 0.1) is 0 Å². The third-order valence-electron chi connectivity index (χ3n) is 3.62. The standard InChI is InChI=1S/C15H19NS2/c1-2-11-6-7-12(17-11)9-13(16)15-8-10-4-3-5-14(10)18-15/h6-8,13H,2-5,9,16H2,1H3. The average Bonchev–Trinajstić information content (AvgIpc) is 3.02. The Morgan fingerprint density at radius 1 is 1.22 bits per heavy atom. The van der Waals surface area contributed by atoms with Crippen LogP contribution >= 0.6 is 22.7 Å². The average molecular weight is 277 g/mol. The molecule has 0 saturated heterocycles. The third-order valence-corrected chi connectivity index (χ3v) is 6.24. The molecule has 0 aromatic carbocycles. The van der Waals surface area contributed by atoms with E-state index in [1.165, 1.54) is 33.9 Å². The van der Waals surface area contributed by atoms with Crippen molar-refractivity contribution in [1.82, 2.24) is 0 Å². The minimum atomic E-state index is 0.184. The molecule has 1 unspecified atom stereocenters. The van der Waals surface area contributed by atoms with Gasteiger partial charge in [0.05, 0.1) is 0 Å². The Hall–Kier alpha value is -0.640. The van der Waals surface area contributed by atoms with Gasteiger partial charge in [0.15, 0.2) is 0 Å². The van der Waals surface area contributed by atoms with E-state index in [1.54, 1.807) is 10.4 Å². The molecule has 3 rings (SSSR count). The summed E-state index contributed by atoms with van der Waals surface area (Å²) in [5.41, 5.74) is 7.92. The first-order chi connectivity index (χ1) is 8.76. The Balaban J connectivity index is 1.71. The predicted octanol–water partition coefficient (Wildman–Crippen LogP) is 4.10. The van der Waals surface area contributed by atoms with Crippen molar-refractivity contribution in [3.8, 4) is 0 Å². The quantitative estimate of drug-likeness (QED) is 0.894. The Morgan fingerprint density at radius 3 is 2.78 bits per heavy atom. The molecule has 96 valence electrons. The van der Waals surface area contributed by atoms with E-state index in [2.05, 4.69) is 25.1 Å². The van der Waals surface area contributed by atoms with Gasteiger partial charge in [0.25, 0.3) is 0 Å². The van der Waals surface area contributed by atoms with E-state index in [9.17, 15) is 0 Å². The highest BCUT2D eigenvalue weighted by molar-refractivity contribution is 7.12. The van der Waals surface area contributed by atoms with Gasteiger partial charge >= 0.3 is 0 Å². The third kappa shape index (κ3) is 2.40. The second-order valence-electron chi connectivity index (χ2n) is 4.98. The normalized spacial score (nSPS) is 15.9. The molecule has 3 heteroatoms. The molecule has 2 N–H and O–H groups in total. The summed E-state index contributed by atoms with van der Waals surface area (Å²) in [6, 6.07) is 7.02. The molecule has 0 spiro atoms. The number of nitrogens with two attached hydrogens (primary N) is 1. The molecule has 0 aliphatic heterocycles. The van der Waals surface area contributed by atoms with Gasteiger partial charge in [-0.1, -0.05) is 6.92 Å². The second-order valence-corrected chi connectivity index (χ2v) is 7.40. The molecule has 2 aromatic heterocycles. The SMILES string of the molecule is CCc1ccc(CC(N)c2cc3c(s2)CCC3)s1. The van der Waals surface area contributed by atoms with Crippen molar-refractivity contribution >= 4 is 22.7 Å². The lowest BCUT2D eigenvalue weighted by molar-refractivity contribution is 0.744. The summed E-state index contributed by atoms with van der Waals surface area (Å²) in [6.45, 7) is 2.21. The van der Waals surface area contributed by atoms with Crippen molar-refractivity contribution in [2.24, 2.45) is 5.73 Å². The highest BCUT2D eigenvalue weighted by atomic mass is 32.1. The Labute approximate surface area is 117 Å². The molecule has 0 radical (unpaired) electrons. The molecule has 0 amide bonds. The van der Waals surface area contributed by atoms with E-state index >= 15 is 0 Å². The number of thiophene rings is 2. The molecule has 0 fully saturated rings. The monoisotopic (exact) mass is 277 g/mol. The van der Waals surface area contributed by atoms with Gasteiger partial charge < -0.3 is 5.73 Å². The van der Waals surface area contributed by atoms with Crippen molar-refractivity contribution in [3.63, 3.8) is 0 Å². The van der Waals surface area contributed by atoms with Crippen LogP contribution in [0.1, 0.15) is 44.5 Å². The fourth-order valence-corrected chi connectivity index (χ4v) is 4.85. The minimum Gasteiger partial charge on any atom is -0.323 e. The summed E-state index contributed by atoms with van der Waals surface area (Å²) >= 11 is 3.85. The van der Waals surface area contributed by atoms with Crippen LogP contribution in [0.15, 0.2) is 18.2 Å². The molecular formula is C15H19NS2. The summed E-state index contributed by atoms with van der Waals surface area (Å²) in [6.07, 6.45) is 5.99. The lowest BCUT2D eigenvalue weighted by Gasteiger charge is -2.07. The van der Waals surface area contributed by atoms with Crippen LogP contribution in [0.5, 0.6) is 0 Å². The van der Waals surface area contributed by atoms with Crippen LogP contribution in [-0.4, -0.2) is 0 Å². The molecule has 1 nitrogen and oxygen atoms in total. The number of aryl methyl sites for hydroxylation is 3. The van der Waals surface area contributed by atoms with Crippen LogP contribution in [0.2, 0.25) is 0 Å². The van der Waals surface area contributed by atoms with Crippen LogP contribution < -0.4 is 5.73 Å². The zero-order chi connectivity index (χ0) is 12.5. The van der Waals surface area contributed by atoms with Crippen molar-refractivity contribution in [2.45, 2.75) is 45.1 Å². The number of hydrogen-bond acceptors (Lipinski definition) is 3. The summed E-state index contributed by atoms with van der Waals surface area (Å²) in [5, 5.41) is 0. The topological polar surface area (TPSA) is 26.0 Å². The fourth-order valence-electron chi connectivity index (χ4n) is 2.57. The lowest BCUT2D eigenvalue weighted by Crippen LogP contribution is -2.11. The van der Waals surface area contributed by atoms with Crippen molar-refractivity contribution in [1.29, 1.82) is 0 Å². The zero-order valence-corrected chi connectivity index (χ0v) is 12.4. The van der Waals surface area contributed by atoms with Gasteiger partial charge in [-0.3, -0.25) is 0 Å². The van der Waals surface area contributed by atoms with E-state index in [0.29, 0.717) is 0 Å². The van der Waals surface area contributed by atoms with Crippen LogP contribution in [-0.2, 0) is 25.7 Å². The van der Waals surface area contributed by atoms with Crippen molar-refractivity contribution in [2.75, 3.05) is 0 Å². The van der Waals surface area contributed by atoms with Crippen molar-refractivity contribution < 1.29 is 0 Å². The number of hydrogen-bond donors (Lipinski definition) is 1. The maximum atomic E-state index is 6.36. The highest BCUT2D eigenvalue weighted by Gasteiger charge is 2.18. The molecule has 1 atom stereocenters. The highest BCUT2D eigenvalue weighted by Crippen LogP contribution is 2.34. The van der Waals surface area contributed by atoms with E-state index in [-0.39, 0.29) is 6.04 Å². The van der Waals surface area contributed by atoms with Gasteiger partial charge in [-0.25, -0.2) is 0 Å². The second kappa shape index (κ2) is 5.16. The van der Waals surface area contributed by atoms with Crippen LogP contribution in [0.25, 0.3) is 0 Å². The van der Waals surface area contributed by atoms with Gasteiger partial charge in [0, 0.05) is 32.0 Å². The van der Waals surface area contributed by atoms with Crippen LogP contribution in [0.4, 0.5) is 0 Å². The Morgan fingerprint density at radius 2 is 2.06 bits per heavy atom. The van der Waals surface area contributed by atoms with E-state index in [1.807, 2.05) is 22.7 Å². The maximum Gasteiger partial charge on any atom is 0.0438 e. The molecule has 18 heavy (non-hydrogen) atoms. The predicted molar refractivity (Wildman–Crippen MR) is 80.7 cm³/mol. The first kappa shape index (κ1) is 12.4. The molecule has 2 heterocycles. The van der Waals surface area contributed by atoms with Gasteiger partial charge in [-0.05, 0) is 49.4 Å². The van der Waals surface area contributed by atoms with E-state index in [4.69, 9.17) is 5.73 Å². The lowest BCUT2D eigenvalue weighted by atomic mass is 10.1. The Kier molecular flexibility index (Phi) is 3.55. The summed E-state index contributed by atoms with van der Waals surface area (Å²) in [4.78, 5) is 5.85. The van der Waals surface area contributed by atoms with Gasteiger partial charge in [-0.15, -0.1) is 22.7 Å². The molecule has 1 aliphatic rings. The smallest absolute Gasteiger partial charge is 0.0438 e. The molecule has 0 saturated carbocycles. The molecular weight excluding hydrogens is 258 g/mol. The largest absolute Gasteiger partial charge is 0.323 e. The zero-order valence-electron chi connectivity index (χ0n) is 10.7. The van der Waals surface area contributed by atoms with Crippen molar-refractivity contribution in [3.05, 3.63) is 43.3 Å². The fraction of sp³-hybridized carbons (Fsp3) is 0.467. The molecule has 0 bridgehead atoms. The van der Waals surface area contributed by atoms with E-state index in [0.717, 1.165) is 12.8 Å². The first-order valence-electron chi connectivity index (χ1n) is 6.71. The van der Waals surface area contributed by atoms with Gasteiger partial charge in [0.2, 0.25) is 0 Å². The Bertz CT molecular complexity index is 517. The molecule has 2 aromatic rings. The maximum absolute atomic E-state index is 6.36. The number of rotatable bonds is 4.